The Labute approximate surface area is 444 Å². The summed E-state index contributed by atoms with van der Waals surface area (Å²) in [7, 11) is 0. The van der Waals surface area contributed by atoms with Crippen molar-refractivity contribution in [3.8, 4) is 0 Å². The lowest BCUT2D eigenvalue weighted by Gasteiger charge is -2.31. The van der Waals surface area contributed by atoms with Gasteiger partial charge >= 0.3 is 0 Å². The van der Waals surface area contributed by atoms with Crippen molar-refractivity contribution in [1.82, 2.24) is 4.90 Å². The molecular formula is C66H54N10. The fourth-order valence-corrected chi connectivity index (χ4v) is 9.46. The summed E-state index contributed by atoms with van der Waals surface area (Å²) in [5.74, 6) is 2.56. The Kier molecular flexibility index (Phi) is 12.4. The number of nitrogens with zero attached hydrogens (tertiary/aromatic N) is 10. The van der Waals surface area contributed by atoms with Gasteiger partial charge in [-0.2, -0.15) is 30.0 Å². The van der Waals surface area contributed by atoms with E-state index in [9.17, 15) is 0 Å². The highest BCUT2D eigenvalue weighted by atomic mass is 15.5. The smallest absolute Gasteiger partial charge is 0.243 e. The van der Waals surface area contributed by atoms with Crippen molar-refractivity contribution in [3.05, 3.63) is 268 Å². The van der Waals surface area contributed by atoms with Gasteiger partial charge in [-0.05, 0) is 187 Å². The molecule has 0 aromatic heterocycles. The van der Waals surface area contributed by atoms with Crippen LogP contribution in [0.3, 0.4) is 0 Å². The predicted octanol–water partition coefficient (Wildman–Crippen LogP) is 16.0. The van der Waals surface area contributed by atoms with Gasteiger partial charge in [0.15, 0.2) is 17.5 Å². The zero-order valence-electron chi connectivity index (χ0n) is 43.3. The molecule has 9 aromatic rings. The normalized spacial score (nSPS) is 13.6. The van der Waals surface area contributed by atoms with Crippen molar-refractivity contribution in [1.29, 1.82) is 0 Å². The lowest BCUT2D eigenvalue weighted by molar-refractivity contribution is 0.828. The van der Waals surface area contributed by atoms with Gasteiger partial charge in [0.1, 0.15) is 0 Å². The highest BCUT2D eigenvalue weighted by Crippen LogP contribution is 2.39. The Balaban J connectivity index is 0.936. The molecule has 3 aliphatic heterocycles. The molecule has 0 spiro atoms. The summed E-state index contributed by atoms with van der Waals surface area (Å²) in [6.45, 7) is 12.6. The van der Waals surface area contributed by atoms with E-state index < -0.39 is 0 Å². The number of rotatable bonds is 12. The van der Waals surface area contributed by atoms with Crippen LogP contribution in [0.4, 0.5) is 51.2 Å². The Hall–Kier alpha value is -9.80. The van der Waals surface area contributed by atoms with Gasteiger partial charge in [0.25, 0.3) is 0 Å². The summed E-state index contributed by atoms with van der Waals surface area (Å²) >= 11 is 0. The topological polar surface area (TPSA) is 87.1 Å². The fraction of sp³-hybridized carbons (Fsp3) is 0.0909. The van der Waals surface area contributed by atoms with E-state index in [4.69, 9.17) is 30.0 Å². The quantitative estimate of drug-likeness (QED) is 0.122. The molecule has 9 aromatic carbocycles. The first-order valence-corrected chi connectivity index (χ1v) is 25.5. The molecule has 0 amide bonds. The minimum Gasteiger partial charge on any atom is -0.311 e. The van der Waals surface area contributed by atoms with Gasteiger partial charge in [-0.1, -0.05) is 106 Å². The summed E-state index contributed by atoms with van der Waals surface area (Å²) in [6.07, 6.45) is 0. The molecule has 10 nitrogen and oxygen atoms in total. The van der Waals surface area contributed by atoms with Crippen molar-refractivity contribution in [3.63, 3.8) is 0 Å². The molecule has 0 radical (unpaired) electrons. The van der Waals surface area contributed by atoms with Crippen molar-refractivity contribution in [2.24, 2.45) is 30.0 Å². The van der Waals surface area contributed by atoms with Crippen molar-refractivity contribution in [2.75, 3.05) is 14.7 Å². The van der Waals surface area contributed by atoms with Crippen LogP contribution in [-0.2, 0) is 0 Å². The molecule has 12 rings (SSSR count). The summed E-state index contributed by atoms with van der Waals surface area (Å²) in [6, 6.07) is 76.6. The van der Waals surface area contributed by atoms with Crippen molar-refractivity contribution >= 4 is 86.6 Å². The van der Waals surface area contributed by atoms with E-state index in [1.165, 1.54) is 33.4 Å². The summed E-state index contributed by atoms with van der Waals surface area (Å²) in [4.78, 5) is 39.3. The number of amidine groups is 3. The van der Waals surface area contributed by atoms with Crippen molar-refractivity contribution < 1.29 is 0 Å². The lowest BCUT2D eigenvalue weighted by Crippen LogP contribution is -2.48. The SMILES string of the molecule is Cc1ccc(N(c2ccc(C)cc2)c2ccc(C3=NC4=NC(c5ccc(N(c6ccc(C)cc6)c6ccc(C)cc6)cc5)=NC5=NC(c6ccc(N(c7ccc(C)cc7)c7ccc(C)cc7)cc6)=NC(=N3)N45)cc2)cc1. The van der Waals surface area contributed by atoms with Crippen LogP contribution in [0.1, 0.15) is 50.1 Å². The molecule has 0 saturated carbocycles. The van der Waals surface area contributed by atoms with Gasteiger partial charge in [-0.25, -0.2) is 4.90 Å². The third kappa shape index (κ3) is 9.51. The second-order valence-corrected chi connectivity index (χ2v) is 19.5. The number of benzene rings is 9. The van der Waals surface area contributed by atoms with E-state index >= 15 is 0 Å². The van der Waals surface area contributed by atoms with Gasteiger partial charge in [0.05, 0.1) is 0 Å². The van der Waals surface area contributed by atoms with Gasteiger partial charge in [-0.15, -0.1) is 0 Å². The largest absolute Gasteiger partial charge is 0.311 e. The third-order valence-electron chi connectivity index (χ3n) is 13.7. The Morgan fingerprint density at radius 2 is 0.368 bits per heavy atom. The minimum absolute atomic E-state index is 0.378. The molecule has 3 aliphatic rings. The molecule has 0 N–H and O–H groups in total. The first-order valence-electron chi connectivity index (χ1n) is 25.5. The molecule has 3 heterocycles. The number of aryl methyl sites for hydroxylation is 6. The van der Waals surface area contributed by atoms with Crippen LogP contribution in [0.2, 0.25) is 0 Å². The predicted molar refractivity (Wildman–Crippen MR) is 316 cm³/mol. The zero-order chi connectivity index (χ0) is 51.9. The zero-order valence-corrected chi connectivity index (χ0v) is 43.3. The van der Waals surface area contributed by atoms with Crippen LogP contribution in [0.25, 0.3) is 0 Å². The highest BCUT2D eigenvalue weighted by Gasteiger charge is 2.36. The summed E-state index contributed by atoms with van der Waals surface area (Å²) < 4.78 is 0. The maximum atomic E-state index is 5.13. The van der Waals surface area contributed by atoms with Crippen molar-refractivity contribution in [2.45, 2.75) is 41.5 Å². The van der Waals surface area contributed by atoms with Gasteiger partial charge in [0, 0.05) is 67.9 Å². The van der Waals surface area contributed by atoms with Crippen LogP contribution < -0.4 is 14.7 Å². The van der Waals surface area contributed by atoms with Gasteiger partial charge in [-0.3, -0.25) is 0 Å². The second kappa shape index (κ2) is 19.9. The van der Waals surface area contributed by atoms with Crippen LogP contribution >= 0.6 is 0 Å². The summed E-state index contributed by atoms with van der Waals surface area (Å²) in [5, 5.41) is 0. The van der Waals surface area contributed by atoms with Gasteiger partial charge in [0.2, 0.25) is 17.9 Å². The molecule has 0 unspecified atom stereocenters. The number of hydrogen-bond donors (Lipinski definition) is 0. The molecule has 0 saturated heterocycles. The van der Waals surface area contributed by atoms with E-state index in [1.807, 2.05) is 0 Å². The summed E-state index contributed by atoms with van der Waals surface area (Å²) in [5.41, 5.74) is 19.0. The molecule has 0 atom stereocenters. The molecule has 368 valence electrons. The second-order valence-electron chi connectivity index (χ2n) is 19.5. The van der Waals surface area contributed by atoms with E-state index in [-0.39, 0.29) is 0 Å². The molecule has 0 aliphatic carbocycles. The maximum absolute atomic E-state index is 5.13. The molecule has 0 bridgehead atoms. The third-order valence-corrected chi connectivity index (χ3v) is 13.7. The van der Waals surface area contributed by atoms with E-state index in [1.54, 1.807) is 4.90 Å². The van der Waals surface area contributed by atoms with Crippen LogP contribution in [0, 0.1) is 41.5 Å². The van der Waals surface area contributed by atoms with E-state index in [2.05, 4.69) is 275 Å². The highest BCUT2D eigenvalue weighted by molar-refractivity contribution is 6.34. The Morgan fingerprint density at radius 1 is 0.211 bits per heavy atom. The molecule has 76 heavy (non-hydrogen) atoms. The first-order chi connectivity index (χ1) is 37.1. The molecule has 10 heteroatoms. The first kappa shape index (κ1) is 47.2. The Morgan fingerprint density at radius 3 is 0.539 bits per heavy atom. The molecular weight excluding hydrogens is 933 g/mol. The fourth-order valence-electron chi connectivity index (χ4n) is 9.46. The maximum Gasteiger partial charge on any atom is 0.243 e. The van der Waals surface area contributed by atoms with Crippen LogP contribution in [0.15, 0.2) is 248 Å². The number of anilines is 9. The van der Waals surface area contributed by atoms with Gasteiger partial charge < -0.3 is 14.7 Å². The van der Waals surface area contributed by atoms with E-state index in [0.717, 1.165) is 67.9 Å². The number of guanidine groups is 3. The number of aliphatic imine (C=N–C) groups is 6. The number of hydrogen-bond acceptors (Lipinski definition) is 10. The van der Waals surface area contributed by atoms with Crippen LogP contribution in [0.5, 0.6) is 0 Å². The molecule has 0 fully saturated rings. The van der Waals surface area contributed by atoms with Crippen LogP contribution in [-0.4, -0.2) is 40.3 Å². The minimum atomic E-state index is 0.378. The average Bonchev–Trinajstić information content (AvgIpc) is 3.46. The standard InChI is InChI=1S/C66H54N10/c1-43-7-25-52(26-8-43)73(53-27-9-44(2)10-28-53)58-37-19-49(20-38-58)61-67-64-69-62(50-21-39-59(40-22-50)74(54-29-11-45(3)12-30-54)55-31-13-46(4)14-32-55)71-66-72-63(70-65(68-61)76(64)66)51-23-41-60(42-24-51)75(56-33-15-47(5)16-34-56)57-35-17-48(6)18-36-57/h7-42H,1-6H3. The monoisotopic (exact) mass is 986 g/mol. The van der Waals surface area contributed by atoms with E-state index in [0.29, 0.717) is 35.4 Å². The lowest BCUT2D eigenvalue weighted by atomic mass is 10.1. The average molecular weight is 987 g/mol. The Bertz CT molecular complexity index is 3260.